The van der Waals surface area contributed by atoms with E-state index in [1.54, 1.807) is 31.2 Å². The summed E-state index contributed by atoms with van der Waals surface area (Å²) >= 11 is 0. The van der Waals surface area contributed by atoms with Crippen molar-refractivity contribution in [2.45, 2.75) is 19.8 Å². The van der Waals surface area contributed by atoms with Gasteiger partial charge in [0.25, 0.3) is 5.56 Å². The van der Waals surface area contributed by atoms with E-state index in [-0.39, 0.29) is 42.0 Å². The van der Waals surface area contributed by atoms with Crippen LogP contribution in [0.1, 0.15) is 24.6 Å². The number of aryl methyl sites for hydroxylation is 1. The van der Waals surface area contributed by atoms with Gasteiger partial charge in [-0.2, -0.15) is 5.10 Å². The Morgan fingerprint density at radius 3 is 2.90 bits per heavy atom. The van der Waals surface area contributed by atoms with Crippen LogP contribution >= 0.6 is 0 Å². The number of hydrogen-bond donors (Lipinski definition) is 3. The fourth-order valence-electron chi connectivity index (χ4n) is 2.80. The number of aromatic amines is 1. The first kappa shape index (κ1) is 21.4. The fraction of sp³-hybridized carbons (Fsp3) is 0.200. The molecule has 0 radical (unpaired) electrons. The molecule has 0 unspecified atom stereocenters. The quantitative estimate of drug-likeness (QED) is 0.283. The summed E-state index contributed by atoms with van der Waals surface area (Å²) in [6, 6.07) is 9.53. The minimum Gasteiger partial charge on any atom is -0.500 e. The van der Waals surface area contributed by atoms with Crippen LogP contribution < -0.4 is 15.7 Å². The molecule has 11 heteroatoms. The zero-order valence-electron chi connectivity index (χ0n) is 16.5. The van der Waals surface area contributed by atoms with E-state index in [1.807, 2.05) is 0 Å². The van der Waals surface area contributed by atoms with Crippen molar-refractivity contribution in [3.63, 3.8) is 0 Å². The Labute approximate surface area is 175 Å². The molecular weight excluding hydrogens is 406 g/mol. The van der Waals surface area contributed by atoms with Crippen LogP contribution in [0.25, 0.3) is 11.0 Å². The summed E-state index contributed by atoms with van der Waals surface area (Å²) in [5.41, 5.74) is 3.09. The smallest absolute Gasteiger partial charge is 0.315 e. The number of para-hydroxylation sites is 2. The van der Waals surface area contributed by atoms with Gasteiger partial charge in [0.2, 0.25) is 11.7 Å². The Hall–Kier alpha value is -4.28. The van der Waals surface area contributed by atoms with E-state index >= 15 is 0 Å². The number of carbonyl (C=O) groups is 1. The first-order chi connectivity index (χ1) is 14.9. The number of amides is 1. The van der Waals surface area contributed by atoms with E-state index in [2.05, 4.69) is 20.5 Å². The van der Waals surface area contributed by atoms with Gasteiger partial charge in [0, 0.05) is 24.5 Å². The zero-order valence-corrected chi connectivity index (χ0v) is 16.5. The Bertz CT molecular complexity index is 1220. The maximum atomic E-state index is 12.1. The number of aromatic nitrogens is 2. The standard InChI is InChI=1S/C20H19N5O6/c1-2-31-17-10-12(9-16(19(17)27)25(29)30)11-21-24-18(26)8-7-15-20(28)23-14-6-4-3-5-13(14)22-15/h3-6,9-11,27H,2,7-8H2,1H3,(H,23,28)(H,24,26)/b21-11+. The maximum absolute atomic E-state index is 12.1. The van der Waals surface area contributed by atoms with Gasteiger partial charge in [-0.15, -0.1) is 0 Å². The number of nitrogens with one attached hydrogen (secondary N) is 2. The molecule has 31 heavy (non-hydrogen) atoms. The first-order valence-corrected chi connectivity index (χ1v) is 9.33. The summed E-state index contributed by atoms with van der Waals surface area (Å²) in [4.78, 5) is 41.4. The van der Waals surface area contributed by atoms with Crippen molar-refractivity contribution in [2.75, 3.05) is 6.61 Å². The number of aromatic hydroxyl groups is 1. The second kappa shape index (κ2) is 9.48. The summed E-state index contributed by atoms with van der Waals surface area (Å²) in [7, 11) is 0. The van der Waals surface area contributed by atoms with Gasteiger partial charge in [-0.3, -0.25) is 19.7 Å². The lowest BCUT2D eigenvalue weighted by Gasteiger charge is -2.07. The predicted octanol–water partition coefficient (Wildman–Crippen LogP) is 2.02. The van der Waals surface area contributed by atoms with E-state index in [0.29, 0.717) is 11.0 Å². The summed E-state index contributed by atoms with van der Waals surface area (Å²) in [5, 5.41) is 24.7. The number of benzene rings is 2. The van der Waals surface area contributed by atoms with E-state index in [9.17, 15) is 24.8 Å². The van der Waals surface area contributed by atoms with Crippen LogP contribution in [0.15, 0.2) is 46.3 Å². The normalized spacial score (nSPS) is 11.0. The Balaban J connectivity index is 1.65. The third-order valence-corrected chi connectivity index (χ3v) is 4.24. The van der Waals surface area contributed by atoms with Crippen molar-refractivity contribution in [1.82, 2.24) is 15.4 Å². The number of nitro groups is 1. The number of rotatable bonds is 8. The number of phenolic OH excluding ortho intramolecular Hbond substituents is 1. The summed E-state index contributed by atoms with van der Waals surface area (Å²) in [6.07, 6.45) is 1.26. The highest BCUT2D eigenvalue weighted by Crippen LogP contribution is 2.36. The highest BCUT2D eigenvalue weighted by atomic mass is 16.6. The molecule has 0 aliphatic carbocycles. The van der Waals surface area contributed by atoms with Crippen molar-refractivity contribution in [3.8, 4) is 11.5 Å². The van der Waals surface area contributed by atoms with Crippen LogP contribution in [0, 0.1) is 10.1 Å². The number of hydrogen-bond acceptors (Lipinski definition) is 8. The lowest BCUT2D eigenvalue weighted by molar-refractivity contribution is -0.386. The number of nitrogens with zero attached hydrogens (tertiary/aromatic N) is 3. The highest BCUT2D eigenvalue weighted by Gasteiger charge is 2.19. The second-order valence-electron chi connectivity index (χ2n) is 6.40. The van der Waals surface area contributed by atoms with E-state index in [0.717, 1.165) is 6.07 Å². The van der Waals surface area contributed by atoms with Gasteiger partial charge in [0.15, 0.2) is 5.75 Å². The van der Waals surface area contributed by atoms with Crippen LogP contribution in [0.4, 0.5) is 5.69 Å². The molecule has 0 fully saturated rings. The van der Waals surface area contributed by atoms with Gasteiger partial charge in [-0.25, -0.2) is 10.4 Å². The molecule has 1 heterocycles. The number of ether oxygens (including phenoxy) is 1. The number of phenols is 1. The van der Waals surface area contributed by atoms with Crippen LogP contribution in [0.5, 0.6) is 11.5 Å². The third-order valence-electron chi connectivity index (χ3n) is 4.24. The van der Waals surface area contributed by atoms with Crippen molar-refractivity contribution in [3.05, 3.63) is 68.1 Å². The molecule has 0 saturated carbocycles. The SMILES string of the molecule is CCOc1cc(/C=N/NC(=O)CCc2nc3ccccc3[nH]c2=O)cc([N+](=O)[O-])c1O. The lowest BCUT2D eigenvalue weighted by Crippen LogP contribution is -2.21. The largest absolute Gasteiger partial charge is 0.500 e. The number of H-pyrrole nitrogens is 1. The minimum atomic E-state index is -0.748. The van der Waals surface area contributed by atoms with E-state index < -0.39 is 22.3 Å². The molecule has 160 valence electrons. The van der Waals surface area contributed by atoms with Crippen molar-refractivity contribution >= 4 is 28.8 Å². The average Bonchev–Trinajstić information content (AvgIpc) is 2.74. The monoisotopic (exact) mass is 425 g/mol. The molecule has 1 amide bonds. The van der Waals surface area contributed by atoms with Crippen LogP contribution in [-0.4, -0.2) is 38.7 Å². The number of hydrazone groups is 1. The predicted molar refractivity (Wildman–Crippen MR) is 112 cm³/mol. The molecule has 2 aromatic carbocycles. The summed E-state index contributed by atoms with van der Waals surface area (Å²) < 4.78 is 5.18. The molecule has 0 aliphatic rings. The molecule has 3 aromatic rings. The lowest BCUT2D eigenvalue weighted by atomic mass is 10.2. The van der Waals surface area contributed by atoms with Gasteiger partial charge >= 0.3 is 5.69 Å². The average molecular weight is 425 g/mol. The highest BCUT2D eigenvalue weighted by molar-refractivity contribution is 5.85. The van der Waals surface area contributed by atoms with Crippen LogP contribution in [-0.2, 0) is 11.2 Å². The van der Waals surface area contributed by atoms with Crippen LogP contribution in [0.2, 0.25) is 0 Å². The van der Waals surface area contributed by atoms with Crippen molar-refractivity contribution in [2.24, 2.45) is 5.10 Å². The molecule has 3 rings (SSSR count). The number of fused-ring (bicyclic) bond motifs is 1. The third kappa shape index (κ3) is 5.21. The minimum absolute atomic E-state index is 0.0360. The van der Waals surface area contributed by atoms with Gasteiger partial charge in [-0.05, 0) is 25.1 Å². The molecule has 0 aliphatic heterocycles. The Kier molecular flexibility index (Phi) is 6.55. The maximum Gasteiger partial charge on any atom is 0.315 e. The fourth-order valence-corrected chi connectivity index (χ4v) is 2.80. The molecule has 3 N–H and O–H groups in total. The van der Waals surface area contributed by atoms with Gasteiger partial charge in [0.05, 0.1) is 28.8 Å². The summed E-state index contributed by atoms with van der Waals surface area (Å²) in [6.45, 7) is 1.87. The Morgan fingerprint density at radius 1 is 1.39 bits per heavy atom. The molecule has 0 spiro atoms. The number of nitro benzene ring substituents is 1. The zero-order chi connectivity index (χ0) is 22.4. The Morgan fingerprint density at radius 2 is 2.16 bits per heavy atom. The second-order valence-corrected chi connectivity index (χ2v) is 6.40. The van der Waals surface area contributed by atoms with Crippen molar-refractivity contribution < 1.29 is 19.6 Å². The van der Waals surface area contributed by atoms with E-state index in [4.69, 9.17) is 4.74 Å². The summed E-state index contributed by atoms with van der Waals surface area (Å²) in [5.74, 6) is -1.11. The van der Waals surface area contributed by atoms with Crippen molar-refractivity contribution in [1.29, 1.82) is 0 Å². The molecule has 1 aromatic heterocycles. The van der Waals surface area contributed by atoms with Gasteiger partial charge in [0.1, 0.15) is 5.69 Å². The van der Waals surface area contributed by atoms with Gasteiger partial charge < -0.3 is 14.8 Å². The van der Waals surface area contributed by atoms with Crippen LogP contribution in [0.3, 0.4) is 0 Å². The van der Waals surface area contributed by atoms with Gasteiger partial charge in [-0.1, -0.05) is 12.1 Å². The molecule has 0 atom stereocenters. The number of carbonyl (C=O) groups excluding carboxylic acids is 1. The molecule has 11 nitrogen and oxygen atoms in total. The van der Waals surface area contributed by atoms with E-state index in [1.165, 1.54) is 12.3 Å². The molecular formula is C20H19N5O6. The molecule has 0 bridgehead atoms. The molecule has 0 saturated heterocycles. The first-order valence-electron chi connectivity index (χ1n) is 9.33. The topological polar surface area (TPSA) is 160 Å².